The summed E-state index contributed by atoms with van der Waals surface area (Å²) < 4.78 is 5.61. The van der Waals surface area contributed by atoms with Gasteiger partial charge in [-0.05, 0) is 43.0 Å². The van der Waals surface area contributed by atoms with E-state index >= 15 is 0 Å². The molecule has 0 fully saturated rings. The topological polar surface area (TPSA) is 46.5 Å². The molecule has 2 rings (SSSR count). The Balaban J connectivity index is 1.92. The van der Waals surface area contributed by atoms with Crippen molar-refractivity contribution in [3.8, 4) is 5.75 Å². The summed E-state index contributed by atoms with van der Waals surface area (Å²) in [6.45, 7) is 2.38. The zero-order chi connectivity index (χ0) is 15.9. The number of para-hydroxylation sites is 1. The number of benzene rings is 2. The maximum atomic E-state index is 11.5. The zero-order valence-corrected chi connectivity index (χ0v) is 13.2. The summed E-state index contributed by atoms with van der Waals surface area (Å²) in [4.78, 5) is 11.5. The number of carboxylic acid groups (broad SMARTS) is 1. The van der Waals surface area contributed by atoms with E-state index in [2.05, 4.69) is 0 Å². The van der Waals surface area contributed by atoms with E-state index in [0.717, 1.165) is 11.1 Å². The van der Waals surface area contributed by atoms with Crippen LogP contribution in [0.2, 0.25) is 5.02 Å². The van der Waals surface area contributed by atoms with Crippen molar-refractivity contribution in [2.45, 2.75) is 25.7 Å². The summed E-state index contributed by atoms with van der Waals surface area (Å²) in [6, 6.07) is 14.9. The third-order valence-corrected chi connectivity index (χ3v) is 3.91. The summed E-state index contributed by atoms with van der Waals surface area (Å²) in [5.74, 6) is -0.671. The van der Waals surface area contributed by atoms with Crippen LogP contribution in [0.4, 0.5) is 0 Å². The number of hydrogen-bond acceptors (Lipinski definition) is 2. The number of halogens is 1. The monoisotopic (exact) mass is 318 g/mol. The number of rotatable bonds is 7. The van der Waals surface area contributed by atoms with Gasteiger partial charge in [0.1, 0.15) is 5.75 Å². The van der Waals surface area contributed by atoms with Gasteiger partial charge in [-0.3, -0.25) is 4.79 Å². The van der Waals surface area contributed by atoms with E-state index in [1.54, 1.807) is 12.1 Å². The van der Waals surface area contributed by atoms with Crippen molar-refractivity contribution in [3.05, 3.63) is 64.7 Å². The molecular weight excluding hydrogens is 300 g/mol. The van der Waals surface area contributed by atoms with Gasteiger partial charge in [0.15, 0.2) is 0 Å². The van der Waals surface area contributed by atoms with E-state index in [4.69, 9.17) is 16.3 Å². The highest BCUT2D eigenvalue weighted by Crippen LogP contribution is 2.26. The first-order chi connectivity index (χ1) is 10.6. The highest BCUT2D eigenvalue weighted by atomic mass is 35.5. The first-order valence-corrected chi connectivity index (χ1v) is 7.63. The van der Waals surface area contributed by atoms with Crippen LogP contribution >= 0.6 is 11.6 Å². The van der Waals surface area contributed by atoms with Gasteiger partial charge >= 0.3 is 5.97 Å². The predicted molar refractivity (Wildman–Crippen MR) is 87.7 cm³/mol. The summed E-state index contributed by atoms with van der Waals surface area (Å²) in [5.41, 5.74) is 1.87. The lowest BCUT2D eigenvalue weighted by Gasteiger charge is -2.15. The number of carboxylic acids is 1. The van der Waals surface area contributed by atoms with Gasteiger partial charge in [-0.1, -0.05) is 48.0 Å². The Hall–Kier alpha value is -2.00. The van der Waals surface area contributed by atoms with Crippen molar-refractivity contribution in [2.75, 3.05) is 6.61 Å². The van der Waals surface area contributed by atoms with Gasteiger partial charge in [-0.15, -0.1) is 0 Å². The summed E-state index contributed by atoms with van der Waals surface area (Å²) >= 11 is 6.01. The van der Waals surface area contributed by atoms with Crippen molar-refractivity contribution < 1.29 is 14.6 Å². The van der Waals surface area contributed by atoms with E-state index in [-0.39, 0.29) is 0 Å². The van der Waals surface area contributed by atoms with Crippen LogP contribution < -0.4 is 4.74 Å². The fourth-order valence-corrected chi connectivity index (χ4v) is 2.61. The van der Waals surface area contributed by atoms with E-state index in [0.29, 0.717) is 30.2 Å². The number of aliphatic carboxylic acids is 1. The number of carbonyl (C=O) groups is 1. The molecule has 2 aromatic carbocycles. The van der Waals surface area contributed by atoms with Gasteiger partial charge in [-0.2, -0.15) is 0 Å². The molecule has 4 heteroatoms. The third-order valence-electron chi connectivity index (χ3n) is 3.59. The quantitative estimate of drug-likeness (QED) is 0.754. The Bertz CT molecular complexity index is 640. The Labute approximate surface area is 135 Å². The molecule has 1 atom stereocenters. The van der Waals surface area contributed by atoms with Crippen molar-refractivity contribution in [3.63, 3.8) is 0 Å². The molecule has 0 saturated heterocycles. The molecule has 0 aliphatic carbocycles. The van der Waals surface area contributed by atoms with Crippen LogP contribution in [0.1, 0.15) is 29.9 Å². The first kappa shape index (κ1) is 16.4. The van der Waals surface area contributed by atoms with Crippen LogP contribution in [0, 0.1) is 6.92 Å². The highest BCUT2D eigenvalue weighted by molar-refractivity contribution is 6.32. The molecule has 3 nitrogen and oxygen atoms in total. The predicted octanol–water partition coefficient (Wildman–Crippen LogP) is 4.68. The molecule has 0 radical (unpaired) electrons. The normalized spacial score (nSPS) is 11.9. The Morgan fingerprint density at radius 3 is 2.55 bits per heavy atom. The maximum Gasteiger partial charge on any atom is 0.310 e. The number of ether oxygens (including phenoxy) is 1. The van der Waals surface area contributed by atoms with Gasteiger partial charge in [0, 0.05) is 0 Å². The van der Waals surface area contributed by atoms with Gasteiger partial charge in [-0.25, -0.2) is 0 Å². The lowest BCUT2D eigenvalue weighted by Crippen LogP contribution is -2.14. The number of aryl methyl sites for hydroxylation is 1. The van der Waals surface area contributed by atoms with Crippen LogP contribution in [0.15, 0.2) is 48.5 Å². The fraction of sp³-hybridized carbons (Fsp3) is 0.278. The minimum Gasteiger partial charge on any atom is -0.492 e. The fourth-order valence-electron chi connectivity index (χ4n) is 2.42. The summed E-state index contributed by atoms with van der Waals surface area (Å²) in [5, 5.41) is 10.0. The van der Waals surface area contributed by atoms with Crippen molar-refractivity contribution in [1.29, 1.82) is 0 Å². The van der Waals surface area contributed by atoms with Gasteiger partial charge in [0.05, 0.1) is 17.5 Å². The van der Waals surface area contributed by atoms with Crippen LogP contribution in [0.25, 0.3) is 0 Å². The zero-order valence-electron chi connectivity index (χ0n) is 12.5. The molecule has 0 aliphatic rings. The van der Waals surface area contributed by atoms with Gasteiger partial charge in [0.2, 0.25) is 0 Å². The van der Waals surface area contributed by atoms with E-state index in [1.807, 2.05) is 43.3 Å². The average molecular weight is 319 g/mol. The summed E-state index contributed by atoms with van der Waals surface area (Å²) in [7, 11) is 0. The van der Waals surface area contributed by atoms with Crippen LogP contribution in [0.5, 0.6) is 5.75 Å². The van der Waals surface area contributed by atoms with Crippen LogP contribution in [-0.2, 0) is 4.79 Å². The maximum absolute atomic E-state index is 11.5. The van der Waals surface area contributed by atoms with Crippen LogP contribution in [0.3, 0.4) is 0 Å². The molecule has 0 aromatic heterocycles. The minimum absolute atomic E-state index is 0.444. The molecule has 0 bridgehead atoms. The SMILES string of the molecule is Cc1ccccc1C(CCCOc1ccccc1Cl)C(=O)O. The molecule has 0 saturated carbocycles. The Morgan fingerprint density at radius 2 is 1.86 bits per heavy atom. The molecule has 0 aliphatic heterocycles. The standard InChI is InChI=1S/C18H19ClO3/c1-13-7-2-3-8-14(13)15(18(20)21)9-6-12-22-17-11-5-4-10-16(17)19/h2-5,7-8,10-11,15H,6,9,12H2,1H3,(H,20,21). The largest absolute Gasteiger partial charge is 0.492 e. The molecule has 116 valence electrons. The number of hydrogen-bond donors (Lipinski definition) is 1. The molecule has 2 aromatic rings. The van der Waals surface area contributed by atoms with Gasteiger partial charge < -0.3 is 9.84 Å². The molecule has 1 unspecified atom stereocenters. The lowest BCUT2D eigenvalue weighted by molar-refractivity contribution is -0.139. The van der Waals surface area contributed by atoms with Crippen molar-refractivity contribution >= 4 is 17.6 Å². The van der Waals surface area contributed by atoms with Crippen molar-refractivity contribution in [1.82, 2.24) is 0 Å². The average Bonchev–Trinajstić information content (AvgIpc) is 2.50. The van der Waals surface area contributed by atoms with E-state index < -0.39 is 11.9 Å². The molecule has 0 heterocycles. The van der Waals surface area contributed by atoms with Crippen molar-refractivity contribution in [2.24, 2.45) is 0 Å². The highest BCUT2D eigenvalue weighted by Gasteiger charge is 2.20. The lowest BCUT2D eigenvalue weighted by atomic mass is 9.91. The van der Waals surface area contributed by atoms with Gasteiger partial charge in [0.25, 0.3) is 0 Å². The van der Waals surface area contributed by atoms with Crippen LogP contribution in [-0.4, -0.2) is 17.7 Å². The minimum atomic E-state index is -0.799. The Kier molecular flexibility index (Phi) is 5.84. The molecule has 22 heavy (non-hydrogen) atoms. The molecule has 0 spiro atoms. The first-order valence-electron chi connectivity index (χ1n) is 7.25. The third kappa shape index (κ3) is 4.25. The Morgan fingerprint density at radius 1 is 1.18 bits per heavy atom. The van der Waals surface area contributed by atoms with E-state index in [1.165, 1.54) is 0 Å². The second-order valence-electron chi connectivity index (χ2n) is 5.17. The molecular formula is C18H19ClO3. The summed E-state index contributed by atoms with van der Waals surface area (Å²) in [6.07, 6.45) is 1.18. The molecule has 0 amide bonds. The smallest absolute Gasteiger partial charge is 0.310 e. The molecule has 1 N–H and O–H groups in total. The second kappa shape index (κ2) is 7.85. The second-order valence-corrected chi connectivity index (χ2v) is 5.58. The van der Waals surface area contributed by atoms with E-state index in [9.17, 15) is 9.90 Å².